The van der Waals surface area contributed by atoms with Crippen molar-refractivity contribution in [2.45, 2.75) is 62.1 Å². The maximum atomic E-state index is 9.67. The van der Waals surface area contributed by atoms with E-state index in [1.54, 1.807) is 14.2 Å². The Hall–Kier alpha value is -0.00519. The van der Waals surface area contributed by atoms with E-state index in [1.807, 2.05) is 0 Å². The zero-order valence-electron chi connectivity index (χ0n) is 17.2. The second kappa shape index (κ2) is 10.3. The van der Waals surface area contributed by atoms with Crippen molar-refractivity contribution >= 4 is 23.5 Å². The lowest BCUT2D eigenvalue weighted by Crippen LogP contribution is -2.30. The van der Waals surface area contributed by atoms with Crippen molar-refractivity contribution in [1.29, 1.82) is 0 Å². The van der Waals surface area contributed by atoms with Gasteiger partial charge in [0.1, 0.15) is 15.7 Å². The highest BCUT2D eigenvalue weighted by atomic mass is 16.5. The first-order valence-electron chi connectivity index (χ1n) is 10.6. The Morgan fingerprint density at radius 3 is 1.96 bits per heavy atom. The number of hydrogen-bond acceptors (Lipinski definition) is 5. The quantitative estimate of drug-likeness (QED) is 0.601. The monoisotopic (exact) mass is 386 g/mol. The summed E-state index contributed by atoms with van der Waals surface area (Å²) in [5.41, 5.74) is 0. The predicted octanol–water partition coefficient (Wildman–Crippen LogP) is 1.06. The summed E-state index contributed by atoms with van der Waals surface area (Å²) in [7, 11) is 22.1. The van der Waals surface area contributed by atoms with Crippen molar-refractivity contribution in [3.63, 3.8) is 0 Å². The first-order chi connectivity index (χ1) is 13.5. The van der Waals surface area contributed by atoms with E-state index in [-0.39, 0.29) is 42.6 Å². The molecule has 5 nitrogen and oxygen atoms in total. The molecule has 0 bridgehead atoms. The van der Waals surface area contributed by atoms with E-state index < -0.39 is 0 Å². The summed E-state index contributed by atoms with van der Waals surface area (Å²) in [6.45, 7) is 1.29. The Kier molecular flexibility index (Phi) is 8.38. The molecule has 1 aliphatic carbocycles. The van der Waals surface area contributed by atoms with Crippen molar-refractivity contribution < 1.29 is 24.1 Å². The molecule has 10 atom stereocenters. The summed E-state index contributed by atoms with van der Waals surface area (Å²) >= 11 is 0. The molecule has 0 aromatic carbocycles. The largest absolute Gasteiger partial charge is 0.394 e. The molecule has 1 saturated carbocycles. The number of rotatable bonds is 9. The average molecular weight is 386 g/mol. The Labute approximate surface area is 173 Å². The Morgan fingerprint density at radius 2 is 1.36 bits per heavy atom. The smallest absolute Gasteiger partial charge is 0.109 e. The van der Waals surface area contributed by atoms with Crippen molar-refractivity contribution in [3.05, 3.63) is 0 Å². The van der Waals surface area contributed by atoms with Gasteiger partial charge in [-0.1, -0.05) is 12.2 Å². The number of aliphatic hydroxyl groups excluding tert-OH is 1. The Bertz CT molecular complexity index is 485. The van der Waals surface area contributed by atoms with Crippen LogP contribution in [0.2, 0.25) is 5.82 Å². The minimum atomic E-state index is -0.291. The van der Waals surface area contributed by atoms with Gasteiger partial charge in [0.2, 0.25) is 0 Å². The lowest BCUT2D eigenvalue weighted by atomic mass is 9.69. The SMILES string of the molecule is [B]C1CC(CC2C([B])CC(COC)C2CC2CC([B])OC2COC)C(CO)O1. The fourth-order valence-corrected chi connectivity index (χ4v) is 5.90. The lowest BCUT2D eigenvalue weighted by Gasteiger charge is -2.32. The molecule has 0 amide bonds. The molecule has 3 rings (SSSR count). The third-order valence-electron chi connectivity index (χ3n) is 7.14. The summed E-state index contributed by atoms with van der Waals surface area (Å²) in [6, 6.07) is -0.514. The van der Waals surface area contributed by atoms with Crippen LogP contribution in [0.1, 0.15) is 32.1 Å². The molecule has 2 saturated heterocycles. The molecule has 1 N–H and O–H groups in total. The summed E-state index contributed by atoms with van der Waals surface area (Å²) in [5, 5.41) is 9.67. The molecule has 28 heavy (non-hydrogen) atoms. The van der Waals surface area contributed by atoms with Crippen LogP contribution in [-0.4, -0.2) is 86.9 Å². The highest BCUT2D eigenvalue weighted by Crippen LogP contribution is 2.52. The molecule has 2 heterocycles. The van der Waals surface area contributed by atoms with Gasteiger partial charge in [-0.25, -0.2) is 0 Å². The minimum Gasteiger partial charge on any atom is -0.394 e. The van der Waals surface area contributed by atoms with E-state index in [0.29, 0.717) is 36.9 Å². The first-order valence-corrected chi connectivity index (χ1v) is 10.6. The summed E-state index contributed by atoms with van der Waals surface area (Å²) in [5.74, 6) is 1.95. The van der Waals surface area contributed by atoms with E-state index in [4.69, 9.17) is 42.5 Å². The van der Waals surface area contributed by atoms with Gasteiger partial charge in [-0.15, -0.1) is 0 Å². The van der Waals surface area contributed by atoms with Crippen LogP contribution < -0.4 is 0 Å². The van der Waals surface area contributed by atoms with Gasteiger partial charge >= 0.3 is 0 Å². The molecular formula is C20H33B3O5. The maximum Gasteiger partial charge on any atom is 0.109 e. The van der Waals surface area contributed by atoms with Crippen molar-refractivity contribution in [2.24, 2.45) is 29.6 Å². The third kappa shape index (κ3) is 5.18. The minimum absolute atomic E-state index is 0.00766. The fourth-order valence-electron chi connectivity index (χ4n) is 5.90. The highest BCUT2D eigenvalue weighted by molar-refractivity contribution is 6.12. The van der Waals surface area contributed by atoms with E-state index in [0.717, 1.165) is 32.1 Å². The molecule has 152 valence electrons. The summed E-state index contributed by atoms with van der Waals surface area (Å²) in [4.78, 5) is 0. The Morgan fingerprint density at radius 1 is 0.786 bits per heavy atom. The van der Waals surface area contributed by atoms with Gasteiger partial charge in [0.05, 0.1) is 33.3 Å². The molecule has 3 fully saturated rings. The Balaban J connectivity index is 1.71. The third-order valence-corrected chi connectivity index (χ3v) is 7.14. The molecule has 0 aromatic rings. The zero-order valence-corrected chi connectivity index (χ0v) is 17.2. The maximum absolute atomic E-state index is 9.67. The number of methoxy groups -OCH3 is 2. The van der Waals surface area contributed by atoms with E-state index in [1.165, 1.54) is 0 Å². The lowest BCUT2D eigenvalue weighted by molar-refractivity contribution is 0.0000646. The highest BCUT2D eigenvalue weighted by Gasteiger charge is 2.46. The first kappa shape index (κ1) is 22.7. The number of aliphatic hydroxyl groups is 1. The second-order valence-corrected chi connectivity index (χ2v) is 8.97. The van der Waals surface area contributed by atoms with Crippen molar-refractivity contribution in [2.75, 3.05) is 34.0 Å². The summed E-state index contributed by atoms with van der Waals surface area (Å²) < 4.78 is 22.4. The summed E-state index contributed by atoms with van der Waals surface area (Å²) in [6.07, 6.45) is 4.38. The van der Waals surface area contributed by atoms with Crippen LogP contribution in [0.4, 0.5) is 0 Å². The van der Waals surface area contributed by atoms with Crippen LogP contribution >= 0.6 is 0 Å². The molecule has 10 unspecified atom stereocenters. The second-order valence-electron chi connectivity index (χ2n) is 8.97. The van der Waals surface area contributed by atoms with E-state index in [9.17, 15) is 5.11 Å². The van der Waals surface area contributed by atoms with Gasteiger partial charge in [-0.05, 0) is 55.3 Å². The predicted molar refractivity (Wildman–Crippen MR) is 110 cm³/mol. The zero-order chi connectivity index (χ0) is 20.3. The molecule has 2 aliphatic heterocycles. The number of ether oxygens (including phenoxy) is 4. The van der Waals surface area contributed by atoms with Crippen LogP contribution in [0.15, 0.2) is 0 Å². The van der Waals surface area contributed by atoms with Crippen LogP contribution in [0.25, 0.3) is 0 Å². The molecule has 8 heteroatoms. The standard InChI is InChI=1S/C20H33B3O5/c1-25-9-13-5-16(21)15(4-11-6-19(22)27-17(11)8-24)14(13)3-12-7-20(23)28-18(12)10-26-2/h11-20,24H,3-10H2,1-2H3. The number of hydrogen-bond donors (Lipinski definition) is 1. The van der Waals surface area contributed by atoms with Gasteiger partial charge in [-0.3, -0.25) is 0 Å². The van der Waals surface area contributed by atoms with Gasteiger partial charge in [-0.2, -0.15) is 0 Å². The van der Waals surface area contributed by atoms with E-state index >= 15 is 0 Å². The molecular weight excluding hydrogens is 353 g/mol. The average Bonchev–Trinajstić information content (AvgIpc) is 3.27. The molecule has 3 aliphatic rings. The van der Waals surface area contributed by atoms with Crippen LogP contribution in [0.5, 0.6) is 0 Å². The van der Waals surface area contributed by atoms with Gasteiger partial charge in [0.25, 0.3) is 0 Å². The fraction of sp³-hybridized carbons (Fsp3) is 1.00. The normalized spacial score (nSPS) is 46.4. The van der Waals surface area contributed by atoms with Crippen molar-refractivity contribution in [1.82, 2.24) is 0 Å². The van der Waals surface area contributed by atoms with E-state index in [2.05, 4.69) is 0 Å². The van der Waals surface area contributed by atoms with Gasteiger partial charge in [0.15, 0.2) is 0 Å². The topological polar surface area (TPSA) is 57.2 Å². The van der Waals surface area contributed by atoms with Crippen molar-refractivity contribution in [3.8, 4) is 0 Å². The van der Waals surface area contributed by atoms with Crippen LogP contribution in [0, 0.1) is 29.6 Å². The van der Waals surface area contributed by atoms with Gasteiger partial charge in [0, 0.05) is 32.8 Å². The molecule has 0 aromatic heterocycles. The van der Waals surface area contributed by atoms with Crippen LogP contribution in [-0.2, 0) is 18.9 Å². The van der Waals surface area contributed by atoms with Crippen LogP contribution in [0.3, 0.4) is 0 Å². The van der Waals surface area contributed by atoms with Gasteiger partial charge < -0.3 is 24.1 Å². The molecule has 6 radical (unpaired) electrons. The molecule has 0 spiro atoms.